The van der Waals surface area contributed by atoms with Gasteiger partial charge in [-0.25, -0.2) is 4.98 Å². The highest BCUT2D eigenvalue weighted by Gasteiger charge is 2.25. The summed E-state index contributed by atoms with van der Waals surface area (Å²) in [5.74, 6) is 1.37. The Balaban J connectivity index is 1.95. The van der Waals surface area contributed by atoms with Crippen LogP contribution in [0.1, 0.15) is 21.1 Å². The lowest BCUT2D eigenvalue weighted by molar-refractivity contribution is 0.111. The van der Waals surface area contributed by atoms with Crippen molar-refractivity contribution in [3.05, 3.63) is 34.5 Å². The number of benzene rings is 1. The van der Waals surface area contributed by atoms with Gasteiger partial charge in [-0.05, 0) is 25.2 Å². The summed E-state index contributed by atoms with van der Waals surface area (Å²) >= 11 is 1.65. The fraction of sp³-hybridized carbons (Fsp3) is 0.333. The van der Waals surface area contributed by atoms with Crippen molar-refractivity contribution in [1.82, 2.24) is 14.3 Å². The van der Waals surface area contributed by atoms with Gasteiger partial charge in [0.1, 0.15) is 22.9 Å². The molecule has 4 rings (SSSR count). The Morgan fingerprint density at radius 3 is 2.84 bits per heavy atom. The molecule has 0 atom stereocenters. The van der Waals surface area contributed by atoms with Crippen molar-refractivity contribution in [2.75, 3.05) is 27.8 Å². The highest BCUT2D eigenvalue weighted by Crippen LogP contribution is 2.38. The summed E-state index contributed by atoms with van der Waals surface area (Å²) in [6.07, 6.45) is 1.80. The van der Waals surface area contributed by atoms with Crippen LogP contribution in [0.4, 0.5) is 0 Å². The number of rotatable bonds is 4. The molecule has 0 aliphatic carbocycles. The van der Waals surface area contributed by atoms with Gasteiger partial charge in [0.2, 0.25) is 0 Å². The highest BCUT2D eigenvalue weighted by molar-refractivity contribution is 7.17. The SMILES string of the molecule is COc1ccc(OC)c(-c2nc3sc4c(n3c2C=O)CCN(C)C4)c1. The van der Waals surface area contributed by atoms with Crippen LogP contribution in [-0.2, 0) is 13.0 Å². The zero-order valence-electron chi connectivity index (χ0n) is 14.4. The lowest BCUT2D eigenvalue weighted by atomic mass is 10.1. The number of likely N-dealkylation sites (N-methyl/N-ethyl adjacent to an activating group) is 1. The van der Waals surface area contributed by atoms with Gasteiger partial charge in [-0.3, -0.25) is 9.20 Å². The molecule has 1 aromatic carbocycles. The number of thiazole rings is 1. The summed E-state index contributed by atoms with van der Waals surface area (Å²) in [4.78, 5) is 21.1. The number of aldehydes is 1. The number of nitrogens with zero attached hydrogens (tertiary/aromatic N) is 3. The molecule has 130 valence electrons. The number of methoxy groups -OCH3 is 2. The van der Waals surface area contributed by atoms with E-state index in [9.17, 15) is 4.79 Å². The quantitative estimate of drug-likeness (QED) is 0.672. The first-order chi connectivity index (χ1) is 12.2. The number of aromatic nitrogens is 2. The van der Waals surface area contributed by atoms with Crippen molar-refractivity contribution in [2.24, 2.45) is 0 Å². The summed E-state index contributed by atoms with van der Waals surface area (Å²) in [5.41, 5.74) is 3.17. The zero-order valence-corrected chi connectivity index (χ0v) is 15.2. The standard InChI is InChI=1S/C18H19N3O3S/c1-20-7-6-13-16(9-20)25-18-19-17(14(10-22)21(13)18)12-8-11(23-2)4-5-15(12)24-3/h4-5,8,10H,6-7,9H2,1-3H3. The minimum absolute atomic E-state index is 0.573. The molecule has 0 radical (unpaired) electrons. The van der Waals surface area contributed by atoms with Crippen LogP contribution in [0.5, 0.6) is 11.5 Å². The van der Waals surface area contributed by atoms with Gasteiger partial charge in [0.15, 0.2) is 11.2 Å². The van der Waals surface area contributed by atoms with Crippen LogP contribution in [0.3, 0.4) is 0 Å². The summed E-state index contributed by atoms with van der Waals surface area (Å²) in [6, 6.07) is 5.53. The van der Waals surface area contributed by atoms with E-state index < -0.39 is 0 Å². The molecule has 0 saturated heterocycles. The predicted molar refractivity (Wildman–Crippen MR) is 97.0 cm³/mol. The second-order valence-corrected chi connectivity index (χ2v) is 7.17. The van der Waals surface area contributed by atoms with Crippen molar-refractivity contribution in [1.29, 1.82) is 0 Å². The van der Waals surface area contributed by atoms with Gasteiger partial charge in [0.25, 0.3) is 0 Å². The van der Waals surface area contributed by atoms with Gasteiger partial charge in [-0.2, -0.15) is 0 Å². The Bertz CT molecular complexity index is 960. The van der Waals surface area contributed by atoms with E-state index in [0.717, 1.165) is 36.3 Å². The van der Waals surface area contributed by atoms with Gasteiger partial charge >= 0.3 is 0 Å². The second-order valence-electron chi connectivity index (χ2n) is 6.11. The zero-order chi connectivity index (χ0) is 17.6. The van der Waals surface area contributed by atoms with Crippen molar-refractivity contribution < 1.29 is 14.3 Å². The monoisotopic (exact) mass is 357 g/mol. The summed E-state index contributed by atoms with van der Waals surface area (Å²) in [5, 5.41) is 0. The summed E-state index contributed by atoms with van der Waals surface area (Å²) < 4.78 is 12.8. The lowest BCUT2D eigenvalue weighted by Crippen LogP contribution is -2.26. The smallest absolute Gasteiger partial charge is 0.195 e. The van der Waals surface area contributed by atoms with E-state index in [1.165, 1.54) is 10.6 Å². The molecule has 0 spiro atoms. The Morgan fingerprint density at radius 2 is 2.12 bits per heavy atom. The third kappa shape index (κ3) is 2.51. The van der Waals surface area contributed by atoms with Crippen LogP contribution in [0.25, 0.3) is 16.2 Å². The van der Waals surface area contributed by atoms with E-state index in [1.807, 2.05) is 22.6 Å². The fourth-order valence-corrected chi connectivity index (χ4v) is 4.59. The molecule has 2 aromatic heterocycles. The van der Waals surface area contributed by atoms with Crippen molar-refractivity contribution in [3.8, 4) is 22.8 Å². The van der Waals surface area contributed by atoms with Crippen molar-refractivity contribution in [2.45, 2.75) is 13.0 Å². The molecular formula is C18H19N3O3S. The maximum Gasteiger partial charge on any atom is 0.195 e. The van der Waals surface area contributed by atoms with E-state index in [1.54, 1.807) is 25.6 Å². The molecule has 0 bridgehead atoms. The van der Waals surface area contributed by atoms with E-state index >= 15 is 0 Å². The van der Waals surface area contributed by atoms with Gasteiger partial charge in [-0.1, -0.05) is 11.3 Å². The molecule has 1 aliphatic heterocycles. The maximum absolute atomic E-state index is 11.9. The van der Waals surface area contributed by atoms with Gasteiger partial charge in [-0.15, -0.1) is 0 Å². The number of ether oxygens (including phenoxy) is 2. The molecule has 0 unspecified atom stereocenters. The fourth-order valence-electron chi connectivity index (χ4n) is 3.34. The van der Waals surface area contributed by atoms with Crippen LogP contribution >= 0.6 is 11.3 Å². The molecule has 7 heteroatoms. The minimum atomic E-state index is 0.573. The van der Waals surface area contributed by atoms with Crippen molar-refractivity contribution in [3.63, 3.8) is 0 Å². The van der Waals surface area contributed by atoms with Crippen molar-refractivity contribution >= 4 is 22.6 Å². The first-order valence-corrected chi connectivity index (χ1v) is 8.87. The molecule has 0 fully saturated rings. The van der Waals surface area contributed by atoms with E-state index in [-0.39, 0.29) is 0 Å². The van der Waals surface area contributed by atoms with Gasteiger partial charge in [0, 0.05) is 35.6 Å². The topological polar surface area (TPSA) is 56.1 Å². The number of imidazole rings is 1. The number of hydrogen-bond acceptors (Lipinski definition) is 6. The molecule has 3 heterocycles. The maximum atomic E-state index is 11.9. The molecule has 0 saturated carbocycles. The highest BCUT2D eigenvalue weighted by atomic mass is 32.1. The number of fused-ring (bicyclic) bond motifs is 3. The number of hydrogen-bond donors (Lipinski definition) is 0. The average molecular weight is 357 g/mol. The normalized spacial score (nSPS) is 14.5. The Kier molecular flexibility index (Phi) is 3.97. The Labute approximate surface area is 149 Å². The first kappa shape index (κ1) is 16.1. The first-order valence-electron chi connectivity index (χ1n) is 8.05. The summed E-state index contributed by atoms with van der Waals surface area (Å²) in [7, 11) is 5.34. The minimum Gasteiger partial charge on any atom is -0.497 e. The largest absolute Gasteiger partial charge is 0.497 e. The van der Waals surface area contributed by atoms with Crippen LogP contribution in [0, 0.1) is 0 Å². The van der Waals surface area contributed by atoms with Crippen LogP contribution in [0.15, 0.2) is 18.2 Å². The lowest BCUT2D eigenvalue weighted by Gasteiger charge is -2.21. The average Bonchev–Trinajstić information content (AvgIpc) is 3.15. The molecule has 1 aliphatic rings. The molecule has 3 aromatic rings. The van der Waals surface area contributed by atoms with Gasteiger partial charge < -0.3 is 14.4 Å². The Hall–Kier alpha value is -2.38. The van der Waals surface area contributed by atoms with Crippen LogP contribution in [0.2, 0.25) is 0 Å². The number of carbonyl (C=O) groups excluding carboxylic acids is 1. The van der Waals surface area contributed by atoms with E-state index in [2.05, 4.69) is 11.9 Å². The molecule has 6 nitrogen and oxygen atoms in total. The Morgan fingerprint density at radius 1 is 1.28 bits per heavy atom. The predicted octanol–water partition coefficient (Wildman–Crippen LogP) is 2.88. The van der Waals surface area contributed by atoms with Crippen LogP contribution < -0.4 is 9.47 Å². The van der Waals surface area contributed by atoms with Gasteiger partial charge in [0.05, 0.1) is 14.2 Å². The van der Waals surface area contributed by atoms with E-state index in [4.69, 9.17) is 14.5 Å². The summed E-state index contributed by atoms with van der Waals surface area (Å²) in [6.45, 7) is 1.88. The third-order valence-electron chi connectivity index (χ3n) is 4.61. The molecule has 0 amide bonds. The molecular weight excluding hydrogens is 338 g/mol. The second kappa shape index (κ2) is 6.16. The molecule has 0 N–H and O–H groups in total. The number of carbonyl (C=O) groups is 1. The third-order valence-corrected chi connectivity index (χ3v) is 5.67. The molecule has 25 heavy (non-hydrogen) atoms. The van der Waals surface area contributed by atoms with Crippen LogP contribution in [-0.4, -0.2) is 48.4 Å². The van der Waals surface area contributed by atoms with E-state index in [0.29, 0.717) is 22.9 Å².